The van der Waals surface area contributed by atoms with Gasteiger partial charge in [-0.05, 0) is 25.2 Å². The van der Waals surface area contributed by atoms with E-state index in [2.05, 4.69) is 5.10 Å². The summed E-state index contributed by atoms with van der Waals surface area (Å²) in [5, 5.41) is 13.1. The molecule has 0 saturated carbocycles. The molecule has 2 fully saturated rings. The zero-order chi connectivity index (χ0) is 19.8. The number of hydrogen-bond acceptors (Lipinski definition) is 5. The molecular weight excluding hydrogens is 372 g/mol. The average Bonchev–Trinajstić information content (AvgIpc) is 3.22. The number of carboxylic acids is 1. The van der Waals surface area contributed by atoms with E-state index in [9.17, 15) is 18.0 Å². The van der Waals surface area contributed by atoms with Gasteiger partial charge in [0.25, 0.3) is 0 Å². The van der Waals surface area contributed by atoms with Gasteiger partial charge in [0.15, 0.2) is 0 Å². The number of amides is 1. The maximum Gasteiger partial charge on any atom is 0.338 e. The normalized spacial score (nSPS) is 22.3. The van der Waals surface area contributed by atoms with Crippen LogP contribution in [0.1, 0.15) is 49.5 Å². The largest absolute Gasteiger partial charge is 0.478 e. The van der Waals surface area contributed by atoms with Crippen molar-refractivity contribution in [2.45, 2.75) is 45.2 Å². The van der Waals surface area contributed by atoms with Gasteiger partial charge in [-0.25, -0.2) is 13.2 Å². The molecule has 2 saturated heterocycles. The molecule has 0 radical (unpaired) electrons. The number of carbonyl (C=O) groups excluding carboxylic acids is 1. The van der Waals surface area contributed by atoms with E-state index in [0.29, 0.717) is 38.9 Å². The van der Waals surface area contributed by atoms with Crippen molar-refractivity contribution in [1.29, 1.82) is 0 Å². The fourth-order valence-corrected chi connectivity index (χ4v) is 5.71. The first-order valence-corrected chi connectivity index (χ1v) is 10.9. The summed E-state index contributed by atoms with van der Waals surface area (Å²) in [6, 6.07) is -0.618. The zero-order valence-corrected chi connectivity index (χ0v) is 16.4. The second-order valence-electron chi connectivity index (χ2n) is 7.54. The summed E-state index contributed by atoms with van der Waals surface area (Å²) < 4.78 is 27.6. The van der Waals surface area contributed by atoms with Gasteiger partial charge in [0.1, 0.15) is 6.04 Å². The molecule has 1 unspecified atom stereocenters. The lowest BCUT2D eigenvalue weighted by Crippen LogP contribution is -2.53. The van der Waals surface area contributed by atoms with Crippen molar-refractivity contribution in [2.75, 3.05) is 25.4 Å². The highest BCUT2D eigenvalue weighted by Gasteiger charge is 2.42. The molecule has 3 rings (SSSR count). The molecule has 0 aliphatic carbocycles. The highest BCUT2D eigenvalue weighted by atomic mass is 32.2. The van der Waals surface area contributed by atoms with Crippen LogP contribution < -0.4 is 0 Å². The lowest BCUT2D eigenvalue weighted by atomic mass is 9.99. The minimum Gasteiger partial charge on any atom is -0.478 e. The number of nitrogens with zero attached hydrogens (tertiary/aromatic N) is 4. The first kappa shape index (κ1) is 19.8. The van der Waals surface area contributed by atoms with Gasteiger partial charge in [0, 0.05) is 25.8 Å². The van der Waals surface area contributed by atoms with E-state index in [0.717, 1.165) is 0 Å². The second-order valence-corrected chi connectivity index (χ2v) is 9.58. The van der Waals surface area contributed by atoms with Crippen LogP contribution in [0.5, 0.6) is 0 Å². The summed E-state index contributed by atoms with van der Waals surface area (Å²) in [6.45, 7) is 5.16. The fraction of sp³-hybridized carbons (Fsp3) is 0.706. The fourth-order valence-electron chi connectivity index (χ4n) is 3.90. The molecule has 2 aliphatic rings. The van der Waals surface area contributed by atoms with Crippen molar-refractivity contribution < 1.29 is 23.1 Å². The molecule has 150 valence electrons. The minimum absolute atomic E-state index is 0.0372. The van der Waals surface area contributed by atoms with Crippen molar-refractivity contribution in [1.82, 2.24) is 19.0 Å². The summed E-state index contributed by atoms with van der Waals surface area (Å²) >= 11 is 0. The molecule has 1 aromatic rings. The van der Waals surface area contributed by atoms with Gasteiger partial charge in [0.2, 0.25) is 15.9 Å². The minimum atomic E-state index is -3.36. The summed E-state index contributed by atoms with van der Waals surface area (Å²) in [7, 11) is -3.36. The SMILES string of the molecule is CC(C)C(C(=O)N1CCC(n2cc(C(=O)O)cn2)CC1)N1CCCS1(=O)=O. The topological polar surface area (TPSA) is 113 Å². The van der Waals surface area contributed by atoms with Crippen molar-refractivity contribution in [2.24, 2.45) is 5.92 Å². The zero-order valence-electron chi connectivity index (χ0n) is 15.6. The Morgan fingerprint density at radius 2 is 1.89 bits per heavy atom. The van der Waals surface area contributed by atoms with E-state index in [1.165, 1.54) is 16.7 Å². The Bertz CT molecular complexity index is 811. The molecule has 1 amide bonds. The van der Waals surface area contributed by atoms with E-state index in [-0.39, 0.29) is 29.2 Å². The number of sulfonamides is 1. The Balaban J connectivity index is 1.67. The quantitative estimate of drug-likeness (QED) is 0.785. The molecule has 1 atom stereocenters. The third kappa shape index (κ3) is 4.01. The van der Waals surface area contributed by atoms with Crippen molar-refractivity contribution >= 4 is 21.9 Å². The molecule has 9 nitrogen and oxygen atoms in total. The van der Waals surface area contributed by atoms with Crippen LogP contribution in [0.2, 0.25) is 0 Å². The molecule has 3 heterocycles. The van der Waals surface area contributed by atoms with Gasteiger partial charge in [-0.1, -0.05) is 13.8 Å². The van der Waals surface area contributed by atoms with Crippen LogP contribution >= 0.6 is 0 Å². The lowest BCUT2D eigenvalue weighted by molar-refractivity contribution is -0.138. The van der Waals surface area contributed by atoms with Gasteiger partial charge in [-0.3, -0.25) is 9.48 Å². The van der Waals surface area contributed by atoms with Crippen molar-refractivity contribution in [3.05, 3.63) is 18.0 Å². The van der Waals surface area contributed by atoms with Crippen LogP contribution in [0.4, 0.5) is 0 Å². The van der Waals surface area contributed by atoms with E-state index in [1.807, 2.05) is 13.8 Å². The van der Waals surface area contributed by atoms with Gasteiger partial charge >= 0.3 is 5.97 Å². The molecule has 0 spiro atoms. The highest BCUT2D eigenvalue weighted by molar-refractivity contribution is 7.89. The molecule has 27 heavy (non-hydrogen) atoms. The first-order chi connectivity index (χ1) is 12.7. The molecule has 0 aromatic carbocycles. The predicted molar refractivity (Wildman–Crippen MR) is 97.8 cm³/mol. The summed E-state index contributed by atoms with van der Waals surface area (Å²) in [6.07, 6.45) is 4.71. The molecule has 1 aromatic heterocycles. The van der Waals surface area contributed by atoms with Crippen LogP contribution in [0.15, 0.2) is 12.4 Å². The van der Waals surface area contributed by atoms with E-state index in [4.69, 9.17) is 5.11 Å². The monoisotopic (exact) mass is 398 g/mol. The molecule has 0 bridgehead atoms. The maximum absolute atomic E-state index is 13.1. The van der Waals surface area contributed by atoms with Gasteiger partial charge < -0.3 is 10.0 Å². The third-order valence-corrected chi connectivity index (χ3v) is 7.26. The van der Waals surface area contributed by atoms with E-state index in [1.54, 1.807) is 9.58 Å². The van der Waals surface area contributed by atoms with Crippen LogP contribution in [-0.2, 0) is 14.8 Å². The number of hydrogen-bond donors (Lipinski definition) is 1. The summed E-state index contributed by atoms with van der Waals surface area (Å²) in [5.41, 5.74) is 0.146. The van der Waals surface area contributed by atoms with Crippen molar-refractivity contribution in [3.8, 4) is 0 Å². The number of rotatable bonds is 5. The molecule has 10 heteroatoms. The number of likely N-dealkylation sites (tertiary alicyclic amines) is 1. The molecule has 2 aliphatic heterocycles. The second kappa shape index (κ2) is 7.59. The van der Waals surface area contributed by atoms with Crippen LogP contribution in [-0.4, -0.2) is 75.8 Å². The van der Waals surface area contributed by atoms with Gasteiger partial charge in [0.05, 0.1) is 23.6 Å². The Labute approximate surface area is 159 Å². The van der Waals surface area contributed by atoms with Crippen molar-refractivity contribution in [3.63, 3.8) is 0 Å². The number of piperidine rings is 1. The van der Waals surface area contributed by atoms with Crippen LogP contribution in [0.3, 0.4) is 0 Å². The van der Waals surface area contributed by atoms with Crippen LogP contribution in [0.25, 0.3) is 0 Å². The molecule has 1 N–H and O–H groups in total. The van der Waals surface area contributed by atoms with Gasteiger partial charge in [-0.15, -0.1) is 0 Å². The Hall–Kier alpha value is -1.94. The Kier molecular flexibility index (Phi) is 5.57. The summed E-state index contributed by atoms with van der Waals surface area (Å²) in [5.74, 6) is -1.15. The third-order valence-electron chi connectivity index (χ3n) is 5.33. The number of aromatic carboxylic acids is 1. The van der Waals surface area contributed by atoms with E-state index >= 15 is 0 Å². The van der Waals surface area contributed by atoms with Gasteiger partial charge in [-0.2, -0.15) is 9.40 Å². The standard InChI is InChI=1S/C17H26N4O5S/c1-12(2)15(21-6-3-9-27(21,25)26)16(22)19-7-4-14(5-8-19)20-11-13(10-18-20)17(23)24/h10-12,14-15H,3-9H2,1-2H3,(H,23,24). The Morgan fingerprint density at radius 1 is 1.22 bits per heavy atom. The smallest absolute Gasteiger partial charge is 0.338 e. The lowest BCUT2D eigenvalue weighted by Gasteiger charge is -2.37. The predicted octanol–water partition coefficient (Wildman–Crippen LogP) is 0.805. The number of carboxylic acid groups (broad SMARTS) is 1. The summed E-state index contributed by atoms with van der Waals surface area (Å²) in [4.78, 5) is 25.8. The van der Waals surface area contributed by atoms with E-state index < -0.39 is 22.0 Å². The highest BCUT2D eigenvalue weighted by Crippen LogP contribution is 2.27. The van der Waals surface area contributed by atoms with Crippen LogP contribution in [0, 0.1) is 5.92 Å². The Morgan fingerprint density at radius 3 is 2.37 bits per heavy atom. The number of aromatic nitrogens is 2. The maximum atomic E-state index is 13.1. The molecular formula is C17H26N4O5S. The average molecular weight is 398 g/mol. The first-order valence-electron chi connectivity index (χ1n) is 9.26. The number of carbonyl (C=O) groups is 2.